The topological polar surface area (TPSA) is 76.0 Å². The Morgan fingerprint density at radius 2 is 1.69 bits per heavy atom. The lowest BCUT2D eigenvalue weighted by molar-refractivity contribution is -0.126. The van der Waals surface area contributed by atoms with E-state index in [0.717, 1.165) is 10.5 Å². The van der Waals surface area contributed by atoms with Crippen molar-refractivity contribution >= 4 is 40.6 Å². The smallest absolute Gasteiger partial charge is 0.278 e. The number of ketones is 1. The summed E-state index contributed by atoms with van der Waals surface area (Å²) >= 11 is 5.85. The van der Waals surface area contributed by atoms with Gasteiger partial charge < -0.3 is 4.84 Å². The highest BCUT2D eigenvalue weighted by Crippen LogP contribution is 2.34. The quantitative estimate of drug-likeness (QED) is 0.616. The molecule has 0 spiro atoms. The summed E-state index contributed by atoms with van der Waals surface area (Å²) < 4.78 is 0. The molecule has 0 aliphatic carbocycles. The Hall–Kier alpha value is -2.99. The highest BCUT2D eigenvalue weighted by molar-refractivity contribution is 6.52. The minimum atomic E-state index is -1.11. The van der Waals surface area contributed by atoms with E-state index < -0.39 is 29.6 Å². The van der Waals surface area contributed by atoms with Crippen LogP contribution in [0.2, 0.25) is 5.02 Å². The second-order valence-corrected chi connectivity index (χ2v) is 6.60. The number of oxime groups is 1. The third kappa shape index (κ3) is 2.50. The lowest BCUT2D eigenvalue weighted by Crippen LogP contribution is -2.34. The predicted molar refractivity (Wildman–Crippen MR) is 95.3 cm³/mol. The Morgan fingerprint density at radius 1 is 1.04 bits per heavy atom. The SMILES string of the molecule is Cc1ccc(C(=O)C2=NO[C@@H]3C(=O)N(c4ccc(Cl)cc4)C(=O)[C@@H]23)cc1. The van der Waals surface area contributed by atoms with Gasteiger partial charge in [-0.25, -0.2) is 4.90 Å². The molecule has 4 rings (SSSR count). The maximum Gasteiger partial charge on any atom is 0.278 e. The first-order valence-corrected chi connectivity index (χ1v) is 8.33. The second-order valence-electron chi connectivity index (χ2n) is 6.16. The Balaban J connectivity index is 1.65. The van der Waals surface area contributed by atoms with Gasteiger partial charge in [0.25, 0.3) is 5.91 Å². The van der Waals surface area contributed by atoms with Gasteiger partial charge in [-0.05, 0) is 31.2 Å². The van der Waals surface area contributed by atoms with Crippen molar-refractivity contribution in [3.8, 4) is 0 Å². The molecule has 2 atom stereocenters. The molecule has 0 radical (unpaired) electrons. The van der Waals surface area contributed by atoms with Crippen LogP contribution >= 0.6 is 11.6 Å². The van der Waals surface area contributed by atoms with E-state index >= 15 is 0 Å². The lowest BCUT2D eigenvalue weighted by atomic mass is 9.93. The first kappa shape index (κ1) is 16.5. The first-order chi connectivity index (χ1) is 12.5. The summed E-state index contributed by atoms with van der Waals surface area (Å²) in [6.45, 7) is 1.91. The molecule has 2 aromatic rings. The summed E-state index contributed by atoms with van der Waals surface area (Å²) in [6.07, 6.45) is -1.11. The van der Waals surface area contributed by atoms with Crippen LogP contribution in [0, 0.1) is 12.8 Å². The van der Waals surface area contributed by atoms with Gasteiger partial charge in [-0.1, -0.05) is 46.6 Å². The zero-order chi connectivity index (χ0) is 18.4. The molecule has 1 fully saturated rings. The monoisotopic (exact) mass is 368 g/mol. The molecule has 2 heterocycles. The third-order valence-corrected chi connectivity index (χ3v) is 4.70. The number of aryl methyl sites for hydroxylation is 1. The molecule has 2 aliphatic rings. The van der Waals surface area contributed by atoms with Gasteiger partial charge in [-0.2, -0.15) is 0 Å². The predicted octanol–water partition coefficient (Wildman–Crippen LogP) is 2.78. The number of imide groups is 1. The van der Waals surface area contributed by atoms with E-state index in [1.165, 1.54) is 0 Å². The number of carbonyl (C=O) groups is 3. The fraction of sp³-hybridized carbons (Fsp3) is 0.158. The molecular formula is C19H13ClN2O4. The molecule has 0 saturated carbocycles. The number of nitrogens with zero attached hydrogens (tertiary/aromatic N) is 2. The lowest BCUT2D eigenvalue weighted by Gasteiger charge is -2.15. The Bertz CT molecular complexity index is 951. The number of hydrogen-bond acceptors (Lipinski definition) is 5. The average molecular weight is 369 g/mol. The summed E-state index contributed by atoms with van der Waals surface area (Å²) in [5.41, 5.74) is 1.73. The molecule has 0 unspecified atom stereocenters. The van der Waals surface area contributed by atoms with Gasteiger partial charge in [-0.3, -0.25) is 14.4 Å². The molecule has 6 nitrogen and oxygen atoms in total. The maximum atomic E-state index is 12.8. The van der Waals surface area contributed by atoms with E-state index in [4.69, 9.17) is 16.4 Å². The van der Waals surface area contributed by atoms with Gasteiger partial charge in [0.05, 0.1) is 5.69 Å². The van der Waals surface area contributed by atoms with E-state index in [1.807, 2.05) is 6.92 Å². The molecule has 2 aliphatic heterocycles. The van der Waals surface area contributed by atoms with Crippen LogP contribution in [0.15, 0.2) is 53.7 Å². The van der Waals surface area contributed by atoms with Crippen molar-refractivity contribution in [1.29, 1.82) is 0 Å². The van der Waals surface area contributed by atoms with Crippen LogP contribution in [-0.2, 0) is 14.4 Å². The summed E-state index contributed by atoms with van der Waals surface area (Å²) in [4.78, 5) is 44.3. The van der Waals surface area contributed by atoms with Crippen LogP contribution in [0.1, 0.15) is 15.9 Å². The number of rotatable bonds is 3. The summed E-state index contributed by atoms with van der Waals surface area (Å²) in [6, 6.07) is 13.2. The van der Waals surface area contributed by atoms with Crippen molar-refractivity contribution in [3.63, 3.8) is 0 Å². The zero-order valence-corrected chi connectivity index (χ0v) is 14.4. The zero-order valence-electron chi connectivity index (χ0n) is 13.7. The van der Waals surface area contributed by atoms with Crippen LogP contribution in [0.3, 0.4) is 0 Å². The largest absolute Gasteiger partial charge is 0.381 e. The Kier molecular flexibility index (Phi) is 3.85. The van der Waals surface area contributed by atoms with Crippen LogP contribution in [-0.4, -0.2) is 29.4 Å². The van der Waals surface area contributed by atoms with Crippen molar-refractivity contribution in [1.82, 2.24) is 0 Å². The second kappa shape index (κ2) is 6.07. The number of halogens is 1. The van der Waals surface area contributed by atoms with Gasteiger partial charge in [0, 0.05) is 10.6 Å². The van der Waals surface area contributed by atoms with Crippen molar-refractivity contribution in [2.24, 2.45) is 11.1 Å². The maximum absolute atomic E-state index is 12.8. The van der Waals surface area contributed by atoms with Crippen molar-refractivity contribution < 1.29 is 19.2 Å². The minimum absolute atomic E-state index is 0.0475. The van der Waals surface area contributed by atoms with Crippen LogP contribution in [0.25, 0.3) is 0 Å². The number of amides is 2. The number of benzene rings is 2. The number of anilines is 1. The van der Waals surface area contributed by atoms with Gasteiger partial charge in [0.15, 0.2) is 0 Å². The van der Waals surface area contributed by atoms with E-state index in [9.17, 15) is 14.4 Å². The molecular weight excluding hydrogens is 356 g/mol. The molecule has 2 amide bonds. The molecule has 1 saturated heterocycles. The number of hydrogen-bond donors (Lipinski definition) is 0. The fourth-order valence-corrected chi connectivity index (χ4v) is 3.19. The number of Topliss-reactive ketones (excluding diaryl/α,β-unsaturated/α-hetero) is 1. The fourth-order valence-electron chi connectivity index (χ4n) is 3.06. The minimum Gasteiger partial charge on any atom is -0.381 e. The highest BCUT2D eigenvalue weighted by atomic mass is 35.5. The summed E-state index contributed by atoms with van der Waals surface area (Å²) in [5.74, 6) is -2.53. The van der Waals surface area contributed by atoms with E-state index in [1.54, 1.807) is 48.5 Å². The molecule has 7 heteroatoms. The van der Waals surface area contributed by atoms with E-state index in [2.05, 4.69) is 5.16 Å². The molecule has 0 aromatic heterocycles. The van der Waals surface area contributed by atoms with Crippen LogP contribution in [0.4, 0.5) is 5.69 Å². The van der Waals surface area contributed by atoms with E-state index in [0.29, 0.717) is 16.3 Å². The van der Waals surface area contributed by atoms with Gasteiger partial charge in [0.2, 0.25) is 17.8 Å². The molecule has 0 N–H and O–H groups in total. The number of carbonyl (C=O) groups excluding carboxylic acids is 3. The number of fused-ring (bicyclic) bond motifs is 1. The van der Waals surface area contributed by atoms with Gasteiger partial charge in [0.1, 0.15) is 11.6 Å². The van der Waals surface area contributed by atoms with Crippen molar-refractivity contribution in [3.05, 3.63) is 64.7 Å². The standard InChI is InChI=1S/C19H13ClN2O4/c1-10-2-4-11(5-3-10)16(23)15-14-17(26-21-15)19(25)22(18(14)24)13-8-6-12(20)7-9-13/h2-9,14,17H,1H3/t14-,17-/m0/s1. The Labute approximate surface area is 154 Å². The molecule has 26 heavy (non-hydrogen) atoms. The highest BCUT2D eigenvalue weighted by Gasteiger charge is 2.57. The average Bonchev–Trinajstić information content (AvgIpc) is 3.17. The molecule has 130 valence electrons. The third-order valence-electron chi connectivity index (χ3n) is 4.44. The summed E-state index contributed by atoms with van der Waals surface area (Å²) in [7, 11) is 0. The van der Waals surface area contributed by atoms with Crippen molar-refractivity contribution in [2.75, 3.05) is 4.90 Å². The molecule has 2 aromatic carbocycles. The van der Waals surface area contributed by atoms with Gasteiger partial charge >= 0.3 is 0 Å². The van der Waals surface area contributed by atoms with Gasteiger partial charge in [-0.15, -0.1) is 0 Å². The Morgan fingerprint density at radius 3 is 2.35 bits per heavy atom. The van der Waals surface area contributed by atoms with Crippen LogP contribution < -0.4 is 4.90 Å². The van der Waals surface area contributed by atoms with E-state index in [-0.39, 0.29) is 5.71 Å². The summed E-state index contributed by atoms with van der Waals surface area (Å²) in [5, 5.41) is 4.23. The van der Waals surface area contributed by atoms with Crippen LogP contribution in [0.5, 0.6) is 0 Å². The normalized spacial score (nSPS) is 21.5. The van der Waals surface area contributed by atoms with Crippen molar-refractivity contribution in [2.45, 2.75) is 13.0 Å². The molecule has 0 bridgehead atoms. The first-order valence-electron chi connectivity index (χ1n) is 7.96.